The van der Waals surface area contributed by atoms with E-state index in [1.54, 1.807) is 6.92 Å². The fraction of sp³-hybridized carbons (Fsp3) is 0.938. The molecule has 0 radical (unpaired) electrons. The molecule has 1 fully saturated rings. The SMILES string of the molecule is CCCNC(C)(CCOC1CCCCC1CC)C(=O)O. The lowest BCUT2D eigenvalue weighted by Crippen LogP contribution is -2.50. The Hall–Kier alpha value is -0.610. The Labute approximate surface area is 123 Å². The number of carboxylic acid groups (broad SMARTS) is 1. The van der Waals surface area contributed by atoms with Gasteiger partial charge < -0.3 is 15.2 Å². The van der Waals surface area contributed by atoms with E-state index in [1.807, 2.05) is 6.92 Å². The maximum absolute atomic E-state index is 11.4. The Bertz CT molecular complexity index is 295. The van der Waals surface area contributed by atoms with Gasteiger partial charge in [0.1, 0.15) is 5.54 Å². The van der Waals surface area contributed by atoms with Crippen molar-refractivity contribution in [3.63, 3.8) is 0 Å². The van der Waals surface area contributed by atoms with Crippen molar-refractivity contribution in [1.82, 2.24) is 5.32 Å². The summed E-state index contributed by atoms with van der Waals surface area (Å²) >= 11 is 0. The summed E-state index contributed by atoms with van der Waals surface area (Å²) < 4.78 is 6.01. The highest BCUT2D eigenvalue weighted by molar-refractivity contribution is 5.78. The first-order valence-electron chi connectivity index (χ1n) is 8.13. The first-order valence-corrected chi connectivity index (χ1v) is 8.13. The average molecular weight is 285 g/mol. The Morgan fingerprint density at radius 3 is 2.65 bits per heavy atom. The molecule has 0 heterocycles. The molecule has 0 bridgehead atoms. The summed E-state index contributed by atoms with van der Waals surface area (Å²) in [5.41, 5.74) is -0.869. The molecule has 0 saturated heterocycles. The van der Waals surface area contributed by atoms with E-state index in [-0.39, 0.29) is 0 Å². The topological polar surface area (TPSA) is 58.6 Å². The van der Waals surface area contributed by atoms with Crippen molar-refractivity contribution in [1.29, 1.82) is 0 Å². The van der Waals surface area contributed by atoms with Crippen LogP contribution in [0.5, 0.6) is 0 Å². The lowest BCUT2D eigenvalue weighted by molar-refractivity contribution is -0.145. The summed E-state index contributed by atoms with van der Waals surface area (Å²) in [7, 11) is 0. The smallest absolute Gasteiger partial charge is 0.323 e. The average Bonchev–Trinajstić information content (AvgIpc) is 2.45. The maximum Gasteiger partial charge on any atom is 0.323 e. The van der Waals surface area contributed by atoms with Gasteiger partial charge in [-0.2, -0.15) is 0 Å². The third-order valence-corrected chi connectivity index (χ3v) is 4.53. The van der Waals surface area contributed by atoms with Gasteiger partial charge in [0.05, 0.1) is 6.10 Å². The van der Waals surface area contributed by atoms with Gasteiger partial charge in [-0.25, -0.2) is 0 Å². The van der Waals surface area contributed by atoms with Gasteiger partial charge in [-0.3, -0.25) is 4.79 Å². The third kappa shape index (κ3) is 5.06. The largest absolute Gasteiger partial charge is 0.480 e. The number of carbonyl (C=O) groups is 1. The van der Waals surface area contributed by atoms with E-state index in [1.165, 1.54) is 19.3 Å². The van der Waals surface area contributed by atoms with Crippen LogP contribution in [0.3, 0.4) is 0 Å². The molecule has 3 atom stereocenters. The van der Waals surface area contributed by atoms with Crippen molar-refractivity contribution >= 4 is 5.97 Å². The number of hydrogen-bond acceptors (Lipinski definition) is 3. The van der Waals surface area contributed by atoms with E-state index < -0.39 is 11.5 Å². The zero-order valence-corrected chi connectivity index (χ0v) is 13.3. The van der Waals surface area contributed by atoms with E-state index in [9.17, 15) is 9.90 Å². The number of ether oxygens (including phenoxy) is 1. The molecule has 1 rings (SSSR count). The maximum atomic E-state index is 11.4. The Morgan fingerprint density at radius 2 is 2.05 bits per heavy atom. The number of aliphatic carboxylic acids is 1. The molecule has 3 unspecified atom stereocenters. The second-order valence-electron chi connectivity index (χ2n) is 6.18. The molecule has 1 aliphatic rings. The van der Waals surface area contributed by atoms with Gasteiger partial charge in [0, 0.05) is 6.61 Å². The zero-order valence-electron chi connectivity index (χ0n) is 13.3. The molecule has 0 aromatic heterocycles. The van der Waals surface area contributed by atoms with Crippen LogP contribution in [0.4, 0.5) is 0 Å². The summed E-state index contributed by atoms with van der Waals surface area (Å²) in [6.45, 7) is 7.27. The van der Waals surface area contributed by atoms with Crippen LogP contribution in [-0.4, -0.2) is 35.9 Å². The second kappa shape index (κ2) is 8.63. The molecule has 4 heteroatoms. The summed E-state index contributed by atoms with van der Waals surface area (Å²) in [6.07, 6.45) is 7.89. The minimum atomic E-state index is -0.869. The number of hydrogen-bond donors (Lipinski definition) is 2. The summed E-state index contributed by atoms with van der Waals surface area (Å²) in [6, 6.07) is 0. The van der Waals surface area contributed by atoms with Crippen LogP contribution in [0, 0.1) is 5.92 Å². The molecule has 20 heavy (non-hydrogen) atoms. The lowest BCUT2D eigenvalue weighted by Gasteiger charge is -2.32. The Kier molecular flexibility index (Phi) is 7.52. The van der Waals surface area contributed by atoms with E-state index in [0.29, 0.717) is 25.0 Å². The van der Waals surface area contributed by atoms with Crippen LogP contribution in [0.2, 0.25) is 0 Å². The third-order valence-electron chi connectivity index (χ3n) is 4.53. The van der Waals surface area contributed by atoms with Crippen molar-refractivity contribution in [3.05, 3.63) is 0 Å². The van der Waals surface area contributed by atoms with Gasteiger partial charge in [0.2, 0.25) is 0 Å². The van der Waals surface area contributed by atoms with Crippen molar-refractivity contribution in [3.8, 4) is 0 Å². The van der Waals surface area contributed by atoms with Gasteiger partial charge in [0.15, 0.2) is 0 Å². The van der Waals surface area contributed by atoms with E-state index in [2.05, 4.69) is 12.2 Å². The van der Waals surface area contributed by atoms with Crippen LogP contribution in [-0.2, 0) is 9.53 Å². The van der Waals surface area contributed by atoms with Gasteiger partial charge in [-0.15, -0.1) is 0 Å². The highest BCUT2D eigenvalue weighted by Gasteiger charge is 2.33. The Balaban J connectivity index is 2.41. The molecule has 0 aliphatic heterocycles. The van der Waals surface area contributed by atoms with Crippen LogP contribution in [0.25, 0.3) is 0 Å². The van der Waals surface area contributed by atoms with Crippen LogP contribution < -0.4 is 5.32 Å². The minimum absolute atomic E-state index is 0.331. The van der Waals surface area contributed by atoms with Gasteiger partial charge in [0.25, 0.3) is 0 Å². The standard InChI is InChI=1S/C16H31NO3/c1-4-11-17-16(3,15(18)19)10-12-20-14-9-7-6-8-13(14)5-2/h13-14,17H,4-12H2,1-3H3,(H,18,19). The summed E-state index contributed by atoms with van der Waals surface area (Å²) in [5.74, 6) is -0.131. The molecular weight excluding hydrogens is 254 g/mol. The first kappa shape index (κ1) is 17.4. The molecular formula is C16H31NO3. The monoisotopic (exact) mass is 285 g/mol. The van der Waals surface area contributed by atoms with Gasteiger partial charge >= 0.3 is 5.97 Å². The molecule has 4 nitrogen and oxygen atoms in total. The fourth-order valence-electron chi connectivity index (χ4n) is 2.95. The molecule has 0 amide bonds. The predicted molar refractivity (Wildman–Crippen MR) is 80.9 cm³/mol. The molecule has 0 spiro atoms. The van der Waals surface area contributed by atoms with Crippen LogP contribution in [0.1, 0.15) is 65.7 Å². The summed E-state index contributed by atoms with van der Waals surface area (Å²) in [5, 5.41) is 12.5. The first-order chi connectivity index (χ1) is 9.53. The van der Waals surface area contributed by atoms with Gasteiger partial charge in [-0.05, 0) is 45.1 Å². The second-order valence-corrected chi connectivity index (χ2v) is 6.18. The molecule has 0 aromatic carbocycles. The van der Waals surface area contributed by atoms with E-state index >= 15 is 0 Å². The van der Waals surface area contributed by atoms with Crippen molar-refractivity contribution in [2.45, 2.75) is 77.4 Å². The van der Waals surface area contributed by atoms with Gasteiger partial charge in [-0.1, -0.05) is 33.1 Å². The van der Waals surface area contributed by atoms with Crippen molar-refractivity contribution < 1.29 is 14.6 Å². The van der Waals surface area contributed by atoms with E-state index in [4.69, 9.17) is 4.74 Å². The Morgan fingerprint density at radius 1 is 1.35 bits per heavy atom. The van der Waals surface area contributed by atoms with Crippen LogP contribution >= 0.6 is 0 Å². The van der Waals surface area contributed by atoms with Crippen LogP contribution in [0.15, 0.2) is 0 Å². The van der Waals surface area contributed by atoms with Crippen molar-refractivity contribution in [2.24, 2.45) is 5.92 Å². The molecule has 0 aromatic rings. The number of nitrogens with one attached hydrogen (secondary N) is 1. The predicted octanol–water partition coefficient (Wildman–Crippen LogP) is 3.20. The molecule has 2 N–H and O–H groups in total. The summed E-state index contributed by atoms with van der Waals surface area (Å²) in [4.78, 5) is 11.4. The zero-order chi connectivity index (χ0) is 15.0. The molecule has 1 aliphatic carbocycles. The quantitative estimate of drug-likeness (QED) is 0.683. The molecule has 118 valence electrons. The minimum Gasteiger partial charge on any atom is -0.480 e. The highest BCUT2D eigenvalue weighted by Crippen LogP contribution is 2.29. The van der Waals surface area contributed by atoms with Crippen molar-refractivity contribution in [2.75, 3.05) is 13.2 Å². The fourth-order valence-corrected chi connectivity index (χ4v) is 2.95. The van der Waals surface area contributed by atoms with E-state index in [0.717, 1.165) is 25.8 Å². The number of rotatable bonds is 9. The molecule has 1 saturated carbocycles. The highest BCUT2D eigenvalue weighted by atomic mass is 16.5. The normalized spacial score (nSPS) is 26.1. The number of carboxylic acids is 1. The lowest BCUT2D eigenvalue weighted by atomic mass is 9.84.